The molecule has 3 heterocycles. The highest BCUT2D eigenvalue weighted by atomic mass is 16.5. The molecule has 2 aromatic carbocycles. The maximum Gasteiger partial charge on any atom is 0.254 e. The van der Waals surface area contributed by atoms with E-state index < -0.39 is 0 Å². The second kappa shape index (κ2) is 8.70. The molecular formula is C28H28N6O3. The molecular weight excluding hydrogens is 468 g/mol. The molecule has 2 atom stereocenters. The highest BCUT2D eigenvalue weighted by Crippen LogP contribution is 2.31. The number of allylic oxidation sites excluding steroid dienone is 1. The summed E-state index contributed by atoms with van der Waals surface area (Å²) in [5.41, 5.74) is 12.3. The number of morpholine rings is 1. The van der Waals surface area contributed by atoms with E-state index >= 15 is 0 Å². The van der Waals surface area contributed by atoms with Gasteiger partial charge in [0.05, 0.1) is 40.7 Å². The Kier molecular flexibility index (Phi) is 5.45. The number of aromatic nitrogens is 4. The number of hydrogen-bond donors (Lipinski definition) is 2. The number of nitrogens with two attached hydrogens (primary N) is 1. The number of amides is 1. The molecule has 0 bridgehead atoms. The number of Topliss-reactive ketones (excluding diaryl/α,β-unsaturated/α-hetero) is 1. The third kappa shape index (κ3) is 4.11. The van der Waals surface area contributed by atoms with Crippen molar-refractivity contribution in [1.82, 2.24) is 24.6 Å². The van der Waals surface area contributed by atoms with Crippen LogP contribution in [0, 0.1) is 6.92 Å². The lowest BCUT2D eigenvalue weighted by Gasteiger charge is -2.35. The zero-order valence-corrected chi connectivity index (χ0v) is 21.0. The Bertz CT molecular complexity index is 1590. The van der Waals surface area contributed by atoms with Crippen LogP contribution in [0.3, 0.4) is 0 Å². The van der Waals surface area contributed by atoms with Crippen molar-refractivity contribution in [2.24, 2.45) is 0 Å². The van der Waals surface area contributed by atoms with Gasteiger partial charge in [0.1, 0.15) is 11.6 Å². The van der Waals surface area contributed by atoms with E-state index in [0.29, 0.717) is 36.2 Å². The summed E-state index contributed by atoms with van der Waals surface area (Å²) in [6.45, 7) is 6.98. The Morgan fingerprint density at radius 1 is 1.11 bits per heavy atom. The maximum atomic E-state index is 13.4. The van der Waals surface area contributed by atoms with E-state index in [1.165, 1.54) is 6.20 Å². The number of aryl methyl sites for hydroxylation is 1. The standard InChI is InChI=1S/C28H28N6O3/c1-15-13-33(14-16(2)37-15)28(36)19-5-4-18-8-21(10-20(18)9-19)26(35)23-12-30-34(27(23)29)22-6-7-24-25(11-22)32-17(3)31-24/h4-7,9-12,15-16H,8,13-14,29H2,1-3H3,(H,31,32). The number of carbonyl (C=O) groups is 2. The number of imidazole rings is 1. The quantitative estimate of drug-likeness (QED) is 0.416. The van der Waals surface area contributed by atoms with Crippen LogP contribution in [-0.2, 0) is 11.2 Å². The number of H-pyrrole nitrogens is 1. The zero-order valence-electron chi connectivity index (χ0n) is 21.0. The molecule has 0 radical (unpaired) electrons. The van der Waals surface area contributed by atoms with Crippen LogP contribution in [0.4, 0.5) is 5.82 Å². The van der Waals surface area contributed by atoms with Crippen molar-refractivity contribution in [3.8, 4) is 5.69 Å². The summed E-state index contributed by atoms with van der Waals surface area (Å²) in [6.07, 6.45) is 3.86. The largest absolute Gasteiger partial charge is 0.383 e. The molecule has 9 nitrogen and oxygen atoms in total. The minimum absolute atomic E-state index is 0.00291. The molecule has 1 aliphatic carbocycles. The van der Waals surface area contributed by atoms with Gasteiger partial charge in [-0.05, 0) is 68.3 Å². The number of benzene rings is 2. The van der Waals surface area contributed by atoms with E-state index in [1.807, 2.05) is 68.1 Å². The Morgan fingerprint density at radius 3 is 2.68 bits per heavy atom. The van der Waals surface area contributed by atoms with E-state index in [0.717, 1.165) is 33.7 Å². The molecule has 0 spiro atoms. The molecule has 188 valence electrons. The third-order valence-corrected chi connectivity index (χ3v) is 6.98. The lowest BCUT2D eigenvalue weighted by molar-refractivity contribution is -0.0586. The smallest absolute Gasteiger partial charge is 0.254 e. The highest BCUT2D eigenvalue weighted by Gasteiger charge is 2.28. The Balaban J connectivity index is 1.24. The van der Waals surface area contributed by atoms with Crippen LogP contribution in [0.1, 0.15) is 51.5 Å². The number of carbonyl (C=O) groups excluding carboxylic acids is 2. The van der Waals surface area contributed by atoms with Gasteiger partial charge in [-0.15, -0.1) is 0 Å². The summed E-state index contributed by atoms with van der Waals surface area (Å²) in [5, 5.41) is 4.39. The molecule has 6 rings (SSSR count). The fourth-order valence-electron chi connectivity index (χ4n) is 5.31. The topological polar surface area (TPSA) is 119 Å². The number of nitrogen functional groups attached to an aromatic ring is 1. The molecule has 1 amide bonds. The van der Waals surface area contributed by atoms with Crippen molar-refractivity contribution in [3.05, 3.63) is 76.2 Å². The van der Waals surface area contributed by atoms with Crippen molar-refractivity contribution in [2.75, 3.05) is 18.8 Å². The number of nitrogens with zero attached hydrogens (tertiary/aromatic N) is 4. The van der Waals surface area contributed by atoms with Gasteiger partial charge in [-0.1, -0.05) is 6.07 Å². The molecule has 2 unspecified atom stereocenters. The van der Waals surface area contributed by atoms with Gasteiger partial charge in [-0.25, -0.2) is 9.67 Å². The van der Waals surface area contributed by atoms with Crippen LogP contribution in [0.2, 0.25) is 0 Å². The molecule has 2 aromatic heterocycles. The molecule has 4 aromatic rings. The molecule has 37 heavy (non-hydrogen) atoms. The fourth-order valence-corrected chi connectivity index (χ4v) is 5.31. The number of aromatic amines is 1. The number of hydrogen-bond acceptors (Lipinski definition) is 6. The van der Waals surface area contributed by atoms with Crippen molar-refractivity contribution < 1.29 is 14.3 Å². The fraction of sp³-hybridized carbons (Fsp3) is 0.286. The van der Waals surface area contributed by atoms with Crippen LogP contribution in [0.25, 0.3) is 22.8 Å². The molecule has 1 aliphatic heterocycles. The van der Waals surface area contributed by atoms with E-state index in [2.05, 4.69) is 15.1 Å². The first-order valence-corrected chi connectivity index (χ1v) is 12.4. The van der Waals surface area contributed by atoms with Gasteiger partial charge in [0, 0.05) is 30.6 Å². The number of ketones is 1. The average molecular weight is 497 g/mol. The summed E-state index contributed by atoms with van der Waals surface area (Å²) < 4.78 is 7.32. The van der Waals surface area contributed by atoms with E-state index in [4.69, 9.17) is 10.5 Å². The molecule has 3 N–H and O–H groups in total. The highest BCUT2D eigenvalue weighted by molar-refractivity contribution is 6.15. The number of anilines is 1. The Labute approximate surface area is 213 Å². The predicted octanol–water partition coefficient (Wildman–Crippen LogP) is 3.71. The van der Waals surface area contributed by atoms with Gasteiger partial charge in [-0.2, -0.15) is 5.10 Å². The Morgan fingerprint density at radius 2 is 1.89 bits per heavy atom. The third-order valence-electron chi connectivity index (χ3n) is 6.98. The second-order valence-electron chi connectivity index (χ2n) is 9.94. The lowest BCUT2D eigenvalue weighted by atomic mass is 10.0. The normalized spacial score (nSPS) is 19.2. The summed E-state index contributed by atoms with van der Waals surface area (Å²) in [5.74, 6) is 0.919. The Hall–Kier alpha value is -4.24. The second-order valence-corrected chi connectivity index (χ2v) is 9.94. The minimum atomic E-state index is -0.165. The average Bonchev–Trinajstić information content (AvgIpc) is 3.57. The van der Waals surface area contributed by atoms with E-state index in [9.17, 15) is 9.59 Å². The van der Waals surface area contributed by atoms with Crippen LogP contribution >= 0.6 is 0 Å². The van der Waals surface area contributed by atoms with Crippen molar-refractivity contribution in [2.45, 2.75) is 39.4 Å². The first-order valence-electron chi connectivity index (χ1n) is 12.4. The van der Waals surface area contributed by atoms with E-state index in [1.54, 1.807) is 4.68 Å². The molecule has 9 heteroatoms. The van der Waals surface area contributed by atoms with Gasteiger partial charge in [0.15, 0.2) is 5.78 Å². The van der Waals surface area contributed by atoms with Gasteiger partial charge < -0.3 is 20.4 Å². The van der Waals surface area contributed by atoms with Crippen molar-refractivity contribution >= 4 is 34.6 Å². The van der Waals surface area contributed by atoms with Crippen LogP contribution in [0.5, 0.6) is 0 Å². The molecule has 1 fully saturated rings. The SMILES string of the molecule is Cc1nc2ccc(-n3ncc(C(=O)C4=Cc5cc(C(=O)N6CC(C)OC(C)C6)ccc5C4)c3N)cc2[nH]1. The van der Waals surface area contributed by atoms with Crippen LogP contribution < -0.4 is 5.73 Å². The molecule has 1 saturated heterocycles. The summed E-state index contributed by atoms with van der Waals surface area (Å²) in [4.78, 5) is 36.0. The van der Waals surface area contributed by atoms with Crippen LogP contribution in [0.15, 0.2) is 48.2 Å². The van der Waals surface area contributed by atoms with Crippen LogP contribution in [-0.4, -0.2) is 61.6 Å². The first-order chi connectivity index (χ1) is 17.8. The lowest BCUT2D eigenvalue weighted by Crippen LogP contribution is -2.48. The number of nitrogens with one attached hydrogen (secondary N) is 1. The summed E-state index contributed by atoms with van der Waals surface area (Å²) in [7, 11) is 0. The number of rotatable bonds is 4. The van der Waals surface area contributed by atoms with Crippen molar-refractivity contribution in [3.63, 3.8) is 0 Å². The van der Waals surface area contributed by atoms with E-state index in [-0.39, 0.29) is 29.7 Å². The molecule has 2 aliphatic rings. The monoisotopic (exact) mass is 496 g/mol. The van der Waals surface area contributed by atoms with Gasteiger partial charge >= 0.3 is 0 Å². The van der Waals surface area contributed by atoms with Gasteiger partial charge in [-0.3, -0.25) is 9.59 Å². The number of ether oxygens (including phenoxy) is 1. The zero-order chi connectivity index (χ0) is 25.8. The van der Waals surface area contributed by atoms with Crippen molar-refractivity contribution in [1.29, 1.82) is 0 Å². The predicted molar refractivity (Wildman–Crippen MR) is 141 cm³/mol. The summed E-state index contributed by atoms with van der Waals surface area (Å²) >= 11 is 0. The molecule has 0 saturated carbocycles. The number of fused-ring (bicyclic) bond motifs is 2. The first kappa shape index (κ1) is 23.2. The minimum Gasteiger partial charge on any atom is -0.383 e. The van der Waals surface area contributed by atoms with Gasteiger partial charge in [0.25, 0.3) is 5.91 Å². The summed E-state index contributed by atoms with van der Waals surface area (Å²) in [6, 6.07) is 11.3. The maximum absolute atomic E-state index is 13.4. The van der Waals surface area contributed by atoms with Gasteiger partial charge in [0.2, 0.25) is 0 Å².